The van der Waals surface area contributed by atoms with Crippen molar-refractivity contribution in [2.75, 3.05) is 0 Å². The van der Waals surface area contributed by atoms with Gasteiger partial charge in [0.1, 0.15) is 11.4 Å². The molecule has 0 rings (SSSR count). The van der Waals surface area contributed by atoms with Crippen LogP contribution in [0.1, 0.15) is 67.2 Å². The quantitative estimate of drug-likeness (QED) is 0.499. The molecule has 0 aliphatic rings. The van der Waals surface area contributed by atoms with Crippen LogP contribution in [-0.4, -0.2) is 16.6 Å². The number of hydrogen-bond donors (Lipinski definition) is 1. The van der Waals surface area contributed by atoms with E-state index in [0.717, 1.165) is 12.8 Å². The Morgan fingerprint density at radius 3 is 1.84 bits per heavy atom. The molecule has 0 heterocycles. The largest absolute Gasteiger partial charge is 0.512 e. The maximum absolute atomic E-state index is 13.7. The van der Waals surface area contributed by atoms with Crippen molar-refractivity contribution in [1.82, 2.24) is 0 Å². The lowest BCUT2D eigenvalue weighted by molar-refractivity contribution is -0.120. The molecule has 0 aromatic carbocycles. The van der Waals surface area contributed by atoms with Crippen LogP contribution < -0.4 is 0 Å². The number of aliphatic hydroxyl groups is 1. The van der Waals surface area contributed by atoms with Gasteiger partial charge in [-0.2, -0.15) is 0 Å². The van der Waals surface area contributed by atoms with Gasteiger partial charge in [-0.1, -0.05) is 20.8 Å². The molecule has 1 N–H and O–H groups in total. The van der Waals surface area contributed by atoms with Gasteiger partial charge in [-0.25, -0.2) is 4.39 Å². The third-order valence-electron chi connectivity index (χ3n) is 3.72. The molecule has 0 saturated heterocycles. The zero-order valence-corrected chi connectivity index (χ0v) is 13.2. The molecule has 0 amide bonds. The number of carbonyl (C=O) groups excluding carboxylic acids is 1. The summed E-state index contributed by atoms with van der Waals surface area (Å²) in [4.78, 5) is 12.3. The van der Waals surface area contributed by atoms with Crippen LogP contribution >= 0.6 is 0 Å². The molecule has 19 heavy (non-hydrogen) atoms. The number of rotatable bonds is 8. The first-order valence-electron chi connectivity index (χ1n) is 7.30. The molecule has 112 valence electrons. The zero-order valence-electron chi connectivity index (χ0n) is 13.2. The Bertz CT molecular complexity index is 322. The molecule has 0 bridgehead atoms. The van der Waals surface area contributed by atoms with Crippen LogP contribution in [0.5, 0.6) is 0 Å². The van der Waals surface area contributed by atoms with Gasteiger partial charge in [-0.3, -0.25) is 4.79 Å². The van der Waals surface area contributed by atoms with E-state index in [1.165, 1.54) is 13.8 Å². The topological polar surface area (TPSA) is 37.3 Å². The Balaban J connectivity index is 5.10. The third-order valence-corrected chi connectivity index (χ3v) is 3.72. The summed E-state index contributed by atoms with van der Waals surface area (Å²) in [6.45, 7) is 10.5. The first-order chi connectivity index (χ1) is 8.67. The van der Waals surface area contributed by atoms with Crippen LogP contribution in [0.15, 0.2) is 11.3 Å². The van der Waals surface area contributed by atoms with Gasteiger partial charge in [0.15, 0.2) is 5.78 Å². The van der Waals surface area contributed by atoms with Gasteiger partial charge in [0.25, 0.3) is 0 Å². The lowest BCUT2D eigenvalue weighted by atomic mass is 9.85. The molecule has 0 saturated carbocycles. The molecule has 0 spiro atoms. The number of alkyl halides is 1. The first kappa shape index (κ1) is 18.1. The second-order valence-corrected chi connectivity index (χ2v) is 5.92. The van der Waals surface area contributed by atoms with Crippen molar-refractivity contribution in [3.63, 3.8) is 0 Å². The third kappa shape index (κ3) is 5.75. The molecular formula is C16H29FO2. The number of aliphatic hydroxyl groups excluding tert-OH is 1. The number of carbonyl (C=O) groups is 1. The van der Waals surface area contributed by atoms with Gasteiger partial charge in [-0.15, -0.1) is 0 Å². The summed E-state index contributed by atoms with van der Waals surface area (Å²) in [6.07, 6.45) is 2.41. The number of hydrogen-bond acceptors (Lipinski definition) is 2. The normalized spacial score (nSPS) is 15.4. The minimum absolute atomic E-state index is 0.0276. The standard InChI is InChI=1S/C16H29FO2/c1-7-12(8-2)14(18)11(4)15(19)13(9-3)10-16(5,6)17/h12-13,18H,7-10H2,1-6H3/b14-11-. The van der Waals surface area contributed by atoms with Crippen molar-refractivity contribution >= 4 is 5.78 Å². The molecular weight excluding hydrogens is 243 g/mol. The summed E-state index contributed by atoms with van der Waals surface area (Å²) in [6, 6.07) is 0. The minimum Gasteiger partial charge on any atom is -0.512 e. The van der Waals surface area contributed by atoms with E-state index >= 15 is 0 Å². The Labute approximate surface area is 117 Å². The van der Waals surface area contributed by atoms with E-state index in [1.807, 2.05) is 20.8 Å². The first-order valence-corrected chi connectivity index (χ1v) is 7.30. The van der Waals surface area contributed by atoms with E-state index < -0.39 is 5.67 Å². The summed E-state index contributed by atoms with van der Waals surface area (Å²) in [5.41, 5.74) is -0.953. The van der Waals surface area contributed by atoms with Crippen molar-refractivity contribution in [3.05, 3.63) is 11.3 Å². The van der Waals surface area contributed by atoms with E-state index in [1.54, 1.807) is 6.92 Å². The maximum Gasteiger partial charge on any atom is 0.165 e. The summed E-state index contributed by atoms with van der Waals surface area (Å²) >= 11 is 0. The van der Waals surface area contributed by atoms with E-state index in [2.05, 4.69) is 0 Å². The molecule has 3 heteroatoms. The molecule has 0 radical (unpaired) electrons. The molecule has 0 aliphatic heterocycles. The zero-order chi connectivity index (χ0) is 15.2. The number of allylic oxidation sites excluding steroid dienone is 2. The highest BCUT2D eigenvalue weighted by molar-refractivity contribution is 5.97. The monoisotopic (exact) mass is 272 g/mol. The van der Waals surface area contributed by atoms with Gasteiger partial charge in [0, 0.05) is 17.4 Å². The second-order valence-electron chi connectivity index (χ2n) is 5.92. The van der Waals surface area contributed by atoms with E-state index in [0.29, 0.717) is 12.0 Å². The van der Waals surface area contributed by atoms with E-state index in [9.17, 15) is 14.3 Å². The van der Waals surface area contributed by atoms with Gasteiger partial charge < -0.3 is 5.11 Å². The summed E-state index contributed by atoms with van der Waals surface area (Å²) in [5, 5.41) is 10.2. The molecule has 2 nitrogen and oxygen atoms in total. The highest BCUT2D eigenvalue weighted by Gasteiger charge is 2.28. The number of halogens is 1. The minimum atomic E-state index is -1.36. The Kier molecular flexibility index (Phi) is 7.32. The molecule has 0 fully saturated rings. The van der Waals surface area contributed by atoms with Crippen LogP contribution in [0.25, 0.3) is 0 Å². The van der Waals surface area contributed by atoms with Crippen molar-refractivity contribution < 1.29 is 14.3 Å². The number of ketones is 1. The predicted octanol–water partition coefficient (Wildman–Crippen LogP) is 4.99. The fourth-order valence-electron chi connectivity index (χ4n) is 2.42. The van der Waals surface area contributed by atoms with Crippen molar-refractivity contribution in [2.45, 2.75) is 72.9 Å². The SMILES string of the molecule is CCC(CC(C)(C)F)C(=O)/C(C)=C(\O)C(CC)CC. The number of Topliss-reactive ketones (excluding diaryl/α,β-unsaturated/α-hetero) is 1. The van der Waals surface area contributed by atoms with Crippen molar-refractivity contribution in [3.8, 4) is 0 Å². The summed E-state index contributed by atoms with van der Waals surface area (Å²) in [7, 11) is 0. The molecule has 0 aliphatic carbocycles. The van der Waals surface area contributed by atoms with Crippen molar-refractivity contribution in [2.24, 2.45) is 11.8 Å². The molecule has 1 atom stereocenters. The smallest absolute Gasteiger partial charge is 0.165 e. The fourth-order valence-corrected chi connectivity index (χ4v) is 2.42. The Morgan fingerprint density at radius 1 is 1.11 bits per heavy atom. The van der Waals surface area contributed by atoms with Crippen LogP contribution in [-0.2, 0) is 4.79 Å². The highest BCUT2D eigenvalue weighted by Crippen LogP contribution is 2.28. The van der Waals surface area contributed by atoms with Gasteiger partial charge >= 0.3 is 0 Å². The average Bonchev–Trinajstić information content (AvgIpc) is 2.34. The Morgan fingerprint density at radius 2 is 1.53 bits per heavy atom. The van der Waals surface area contributed by atoms with Crippen LogP contribution in [0, 0.1) is 11.8 Å². The van der Waals surface area contributed by atoms with E-state index in [4.69, 9.17) is 0 Å². The van der Waals surface area contributed by atoms with Gasteiger partial charge in [0.2, 0.25) is 0 Å². The lowest BCUT2D eigenvalue weighted by Crippen LogP contribution is -2.25. The van der Waals surface area contributed by atoms with Gasteiger partial charge in [-0.05, 0) is 46.5 Å². The molecule has 0 aromatic rings. The average molecular weight is 272 g/mol. The second kappa shape index (κ2) is 7.66. The fraction of sp³-hybridized carbons (Fsp3) is 0.812. The summed E-state index contributed by atoms with van der Waals surface area (Å²) in [5.74, 6) is -0.251. The van der Waals surface area contributed by atoms with Crippen LogP contribution in [0.4, 0.5) is 4.39 Å². The lowest BCUT2D eigenvalue weighted by Gasteiger charge is -2.22. The predicted molar refractivity (Wildman–Crippen MR) is 78.0 cm³/mol. The highest BCUT2D eigenvalue weighted by atomic mass is 19.1. The Hall–Kier alpha value is -0.860. The summed E-state index contributed by atoms with van der Waals surface area (Å²) < 4.78 is 13.7. The van der Waals surface area contributed by atoms with E-state index in [-0.39, 0.29) is 29.8 Å². The van der Waals surface area contributed by atoms with Crippen LogP contribution in [0.3, 0.4) is 0 Å². The maximum atomic E-state index is 13.7. The molecule has 1 unspecified atom stereocenters. The van der Waals surface area contributed by atoms with Crippen LogP contribution in [0.2, 0.25) is 0 Å². The van der Waals surface area contributed by atoms with Gasteiger partial charge in [0.05, 0.1) is 0 Å². The molecule has 0 aromatic heterocycles. The van der Waals surface area contributed by atoms with Crippen molar-refractivity contribution in [1.29, 1.82) is 0 Å².